The van der Waals surface area contributed by atoms with E-state index in [0.29, 0.717) is 6.54 Å². The van der Waals surface area contributed by atoms with E-state index in [1.807, 2.05) is 43.3 Å². The summed E-state index contributed by atoms with van der Waals surface area (Å²) in [5.74, 6) is 1.59. The highest BCUT2D eigenvalue weighted by atomic mass is 32.2. The molecule has 3 rings (SSSR count). The summed E-state index contributed by atoms with van der Waals surface area (Å²) in [6.07, 6.45) is 1.71. The number of hydrogen-bond donors (Lipinski definition) is 2. The Hall–Kier alpha value is -2.38. The minimum absolute atomic E-state index is 0.0215. The highest BCUT2D eigenvalue weighted by molar-refractivity contribution is 7.88. The number of aryl methyl sites for hydroxylation is 1. The Bertz CT molecular complexity index is 947. The highest BCUT2D eigenvalue weighted by Crippen LogP contribution is 2.24. The molecule has 24 heavy (non-hydrogen) atoms. The largest absolute Gasteiger partial charge is 0.461 e. The molecule has 0 amide bonds. The molecule has 3 aromatic rings. The average molecular weight is 345 g/mol. The molecule has 0 radical (unpaired) electrons. The van der Waals surface area contributed by atoms with Crippen LogP contribution in [-0.4, -0.2) is 20.4 Å². The quantitative estimate of drug-likeness (QED) is 0.718. The Morgan fingerprint density at radius 3 is 2.54 bits per heavy atom. The second kappa shape index (κ2) is 6.62. The van der Waals surface area contributed by atoms with Gasteiger partial charge < -0.3 is 9.73 Å². The number of pyridine rings is 1. The predicted molar refractivity (Wildman–Crippen MR) is 94.2 cm³/mol. The molecule has 0 unspecified atom stereocenters. The van der Waals surface area contributed by atoms with Gasteiger partial charge in [0.15, 0.2) is 0 Å². The molecule has 0 saturated carbocycles. The molecule has 0 spiro atoms. The molecule has 0 saturated heterocycles. The minimum atomic E-state index is -3.25. The standard InChI is InChI=1S/C17H19N3O3S/c1-12-9-15-16(23-12)7-8-19-17(15)20-10-13-3-5-14(6-4-13)11-24(21,22)18-2/h3-9,18H,10-11H2,1-2H3,(H,19,20). The maximum absolute atomic E-state index is 11.6. The van der Waals surface area contributed by atoms with Crippen molar-refractivity contribution in [2.45, 2.75) is 19.2 Å². The first kappa shape index (κ1) is 16.5. The molecule has 0 fully saturated rings. The van der Waals surface area contributed by atoms with Crippen LogP contribution in [0.5, 0.6) is 0 Å². The van der Waals surface area contributed by atoms with Crippen LogP contribution in [0.15, 0.2) is 47.0 Å². The number of rotatable bonds is 6. The van der Waals surface area contributed by atoms with E-state index in [1.165, 1.54) is 7.05 Å². The smallest absolute Gasteiger partial charge is 0.215 e. The second-order valence-electron chi connectivity index (χ2n) is 5.56. The van der Waals surface area contributed by atoms with Crippen molar-refractivity contribution >= 4 is 26.8 Å². The Kier molecular flexibility index (Phi) is 4.55. The first-order chi connectivity index (χ1) is 11.5. The molecule has 0 aliphatic rings. The van der Waals surface area contributed by atoms with Gasteiger partial charge in [-0.2, -0.15) is 0 Å². The Labute approximate surface area is 141 Å². The van der Waals surface area contributed by atoms with Crippen molar-refractivity contribution in [2.24, 2.45) is 0 Å². The van der Waals surface area contributed by atoms with E-state index in [9.17, 15) is 8.42 Å². The van der Waals surface area contributed by atoms with Crippen molar-refractivity contribution in [1.82, 2.24) is 9.71 Å². The van der Waals surface area contributed by atoms with Crippen molar-refractivity contribution in [3.05, 3.63) is 59.5 Å². The summed E-state index contributed by atoms with van der Waals surface area (Å²) in [4.78, 5) is 4.35. The maximum atomic E-state index is 11.6. The zero-order valence-corrected chi connectivity index (χ0v) is 14.4. The number of nitrogens with one attached hydrogen (secondary N) is 2. The Morgan fingerprint density at radius 2 is 1.83 bits per heavy atom. The van der Waals surface area contributed by atoms with Crippen LogP contribution in [0.2, 0.25) is 0 Å². The average Bonchev–Trinajstić information content (AvgIpc) is 2.95. The molecule has 2 aromatic heterocycles. The van der Waals surface area contributed by atoms with Crippen LogP contribution in [0.1, 0.15) is 16.9 Å². The summed E-state index contributed by atoms with van der Waals surface area (Å²) in [7, 11) is -1.83. The molecule has 126 valence electrons. The van der Waals surface area contributed by atoms with Crippen LogP contribution < -0.4 is 10.0 Å². The van der Waals surface area contributed by atoms with E-state index < -0.39 is 10.0 Å². The third kappa shape index (κ3) is 3.74. The van der Waals surface area contributed by atoms with Gasteiger partial charge in [0.25, 0.3) is 0 Å². The van der Waals surface area contributed by atoms with E-state index in [-0.39, 0.29) is 5.75 Å². The lowest BCUT2D eigenvalue weighted by molar-refractivity contribution is 0.578. The van der Waals surface area contributed by atoms with Gasteiger partial charge in [-0.3, -0.25) is 0 Å². The van der Waals surface area contributed by atoms with Gasteiger partial charge in [0, 0.05) is 12.7 Å². The van der Waals surface area contributed by atoms with Crippen LogP contribution in [0, 0.1) is 6.92 Å². The number of anilines is 1. The van der Waals surface area contributed by atoms with Crippen molar-refractivity contribution in [3.8, 4) is 0 Å². The molecular weight excluding hydrogens is 326 g/mol. The Morgan fingerprint density at radius 1 is 1.12 bits per heavy atom. The molecule has 0 atom stereocenters. The van der Waals surface area contributed by atoms with E-state index in [0.717, 1.165) is 33.7 Å². The first-order valence-corrected chi connectivity index (χ1v) is 9.20. The van der Waals surface area contributed by atoms with E-state index in [4.69, 9.17) is 4.42 Å². The molecule has 0 aliphatic heterocycles. The number of sulfonamides is 1. The molecule has 0 bridgehead atoms. The molecule has 1 aromatic carbocycles. The number of hydrogen-bond acceptors (Lipinski definition) is 5. The van der Waals surface area contributed by atoms with Gasteiger partial charge in [-0.1, -0.05) is 24.3 Å². The number of aromatic nitrogens is 1. The van der Waals surface area contributed by atoms with Gasteiger partial charge in [0.05, 0.1) is 11.1 Å². The van der Waals surface area contributed by atoms with E-state index in [1.54, 1.807) is 6.20 Å². The van der Waals surface area contributed by atoms with Crippen molar-refractivity contribution < 1.29 is 12.8 Å². The fraction of sp³-hybridized carbons (Fsp3) is 0.235. The van der Waals surface area contributed by atoms with Gasteiger partial charge in [-0.15, -0.1) is 0 Å². The van der Waals surface area contributed by atoms with E-state index in [2.05, 4.69) is 15.0 Å². The van der Waals surface area contributed by atoms with Crippen molar-refractivity contribution in [2.75, 3.05) is 12.4 Å². The number of benzene rings is 1. The highest BCUT2D eigenvalue weighted by Gasteiger charge is 2.09. The lowest BCUT2D eigenvalue weighted by Crippen LogP contribution is -2.20. The monoisotopic (exact) mass is 345 g/mol. The molecular formula is C17H19N3O3S. The number of fused-ring (bicyclic) bond motifs is 1. The molecule has 2 N–H and O–H groups in total. The van der Waals surface area contributed by atoms with Crippen LogP contribution >= 0.6 is 0 Å². The van der Waals surface area contributed by atoms with Gasteiger partial charge >= 0.3 is 0 Å². The zero-order valence-electron chi connectivity index (χ0n) is 13.5. The van der Waals surface area contributed by atoms with Crippen LogP contribution in [-0.2, 0) is 22.3 Å². The lowest BCUT2D eigenvalue weighted by Gasteiger charge is -2.08. The lowest BCUT2D eigenvalue weighted by atomic mass is 10.1. The van der Waals surface area contributed by atoms with Crippen molar-refractivity contribution in [1.29, 1.82) is 0 Å². The van der Waals surface area contributed by atoms with Gasteiger partial charge in [-0.05, 0) is 37.2 Å². The molecule has 7 heteroatoms. The van der Waals surface area contributed by atoms with Gasteiger partial charge in [0.1, 0.15) is 17.2 Å². The van der Waals surface area contributed by atoms with Gasteiger partial charge in [0.2, 0.25) is 10.0 Å². The Balaban J connectivity index is 1.70. The fourth-order valence-electron chi connectivity index (χ4n) is 2.46. The van der Waals surface area contributed by atoms with Gasteiger partial charge in [-0.25, -0.2) is 18.1 Å². The summed E-state index contributed by atoms with van der Waals surface area (Å²) < 4.78 is 31.0. The van der Waals surface area contributed by atoms with Crippen molar-refractivity contribution in [3.63, 3.8) is 0 Å². The third-order valence-corrected chi connectivity index (χ3v) is 5.05. The first-order valence-electron chi connectivity index (χ1n) is 7.55. The molecule has 2 heterocycles. The van der Waals surface area contributed by atoms with E-state index >= 15 is 0 Å². The minimum Gasteiger partial charge on any atom is -0.461 e. The summed E-state index contributed by atoms with van der Waals surface area (Å²) in [6.45, 7) is 2.50. The predicted octanol–water partition coefficient (Wildman–Crippen LogP) is 2.80. The molecule has 0 aliphatic carbocycles. The number of furan rings is 1. The summed E-state index contributed by atoms with van der Waals surface area (Å²) in [5, 5.41) is 4.25. The maximum Gasteiger partial charge on any atom is 0.215 e. The van der Waals surface area contributed by atoms with Crippen LogP contribution in [0.25, 0.3) is 11.0 Å². The summed E-state index contributed by atoms with van der Waals surface area (Å²) in [6, 6.07) is 11.3. The van der Waals surface area contributed by atoms with Crippen LogP contribution in [0.3, 0.4) is 0 Å². The molecule has 6 nitrogen and oxygen atoms in total. The van der Waals surface area contributed by atoms with Crippen LogP contribution in [0.4, 0.5) is 5.82 Å². The summed E-state index contributed by atoms with van der Waals surface area (Å²) >= 11 is 0. The zero-order chi connectivity index (χ0) is 17.2. The fourth-order valence-corrected chi connectivity index (χ4v) is 3.24. The summed E-state index contributed by atoms with van der Waals surface area (Å²) in [5.41, 5.74) is 2.59. The normalized spacial score (nSPS) is 11.8. The topological polar surface area (TPSA) is 84.2 Å². The SMILES string of the molecule is CNS(=O)(=O)Cc1ccc(CNc2nccc3oc(C)cc23)cc1. The third-order valence-electron chi connectivity index (χ3n) is 3.72. The number of nitrogens with zero attached hydrogens (tertiary/aromatic N) is 1. The second-order valence-corrected chi connectivity index (χ2v) is 7.49.